The van der Waals surface area contributed by atoms with Gasteiger partial charge in [-0.3, -0.25) is 0 Å². The van der Waals surface area contributed by atoms with Crippen molar-refractivity contribution >= 4 is 20.0 Å². The van der Waals surface area contributed by atoms with E-state index in [2.05, 4.69) is 0 Å². The summed E-state index contributed by atoms with van der Waals surface area (Å²) in [6, 6.07) is 10.5. The van der Waals surface area contributed by atoms with Crippen LogP contribution in [0, 0.1) is 0 Å². The number of aliphatic hydroxyl groups excluding tert-OH is 2. The molecule has 0 radical (unpaired) electrons. The van der Waals surface area contributed by atoms with E-state index >= 15 is 0 Å². The van der Waals surface area contributed by atoms with Crippen molar-refractivity contribution in [3.05, 3.63) is 48.5 Å². The summed E-state index contributed by atoms with van der Waals surface area (Å²) in [5.41, 5.74) is 0. The molecular weight excluding hydrogens is 396 g/mol. The van der Waals surface area contributed by atoms with Crippen LogP contribution in [0.5, 0.6) is 11.5 Å². The Balaban J connectivity index is 2.16. The second-order valence-electron chi connectivity index (χ2n) is 5.53. The van der Waals surface area contributed by atoms with Crippen molar-refractivity contribution in [2.75, 3.05) is 19.0 Å². The predicted molar refractivity (Wildman–Crippen MR) is 97.0 cm³/mol. The maximum Gasteiger partial charge on any atom is 0.339 e. The number of hydrogen-bond acceptors (Lipinski definition) is 8. The predicted octanol–water partition coefficient (Wildman–Crippen LogP) is 0.980. The Morgan fingerprint density at radius 3 is 2.15 bits per heavy atom. The summed E-state index contributed by atoms with van der Waals surface area (Å²) in [4.78, 5) is -0.371. The molecule has 2 aromatic carbocycles. The first-order valence-corrected chi connectivity index (χ1v) is 11.0. The molecule has 0 amide bonds. The van der Waals surface area contributed by atoms with Gasteiger partial charge in [-0.1, -0.05) is 13.0 Å². The van der Waals surface area contributed by atoms with Gasteiger partial charge in [0.1, 0.15) is 29.1 Å². The van der Waals surface area contributed by atoms with Gasteiger partial charge in [-0.25, -0.2) is 8.42 Å². The summed E-state index contributed by atoms with van der Waals surface area (Å²) in [5, 5.41) is 18.0. The zero-order valence-corrected chi connectivity index (χ0v) is 16.1. The van der Waals surface area contributed by atoms with E-state index in [4.69, 9.17) is 14.0 Å². The molecule has 0 aliphatic heterocycles. The van der Waals surface area contributed by atoms with Crippen LogP contribution in [0.3, 0.4) is 0 Å². The zero-order valence-electron chi connectivity index (χ0n) is 14.5. The highest BCUT2D eigenvalue weighted by Crippen LogP contribution is 2.23. The molecule has 148 valence electrons. The number of rotatable bonds is 9. The second-order valence-corrected chi connectivity index (χ2v) is 9.36. The first-order valence-electron chi connectivity index (χ1n) is 7.97. The van der Waals surface area contributed by atoms with E-state index in [-0.39, 0.29) is 27.9 Å². The summed E-state index contributed by atoms with van der Waals surface area (Å²) >= 11 is 0. The minimum atomic E-state index is -4.23. The maximum absolute atomic E-state index is 12.4. The van der Waals surface area contributed by atoms with Crippen LogP contribution in [0.4, 0.5) is 0 Å². The summed E-state index contributed by atoms with van der Waals surface area (Å²) in [6.07, 6.45) is -1.02. The Morgan fingerprint density at radius 2 is 1.56 bits per heavy atom. The SMILES string of the molecule is CCS(=O)(=O)c1cccc(S(=O)(=O)Oc2ccc(OCC(O)CO)cc2)c1. The Hall–Kier alpha value is -2.14. The largest absolute Gasteiger partial charge is 0.491 e. The molecule has 0 saturated heterocycles. The van der Waals surface area contributed by atoms with Crippen molar-refractivity contribution in [2.45, 2.75) is 22.8 Å². The molecule has 0 heterocycles. The van der Waals surface area contributed by atoms with E-state index in [1.54, 1.807) is 0 Å². The van der Waals surface area contributed by atoms with Gasteiger partial charge in [0.05, 0.1) is 17.3 Å². The number of ether oxygens (including phenoxy) is 1. The topological polar surface area (TPSA) is 127 Å². The van der Waals surface area contributed by atoms with E-state index in [1.165, 1.54) is 49.4 Å². The van der Waals surface area contributed by atoms with Crippen LogP contribution in [0.25, 0.3) is 0 Å². The lowest BCUT2D eigenvalue weighted by Crippen LogP contribution is -2.21. The lowest BCUT2D eigenvalue weighted by atomic mass is 10.3. The minimum absolute atomic E-state index is 0.00816. The van der Waals surface area contributed by atoms with Crippen LogP contribution >= 0.6 is 0 Å². The lowest BCUT2D eigenvalue weighted by molar-refractivity contribution is 0.0536. The molecule has 8 nitrogen and oxygen atoms in total. The van der Waals surface area contributed by atoms with Crippen molar-refractivity contribution in [1.82, 2.24) is 0 Å². The lowest BCUT2D eigenvalue weighted by Gasteiger charge is -2.11. The number of benzene rings is 2. The fourth-order valence-corrected chi connectivity index (χ4v) is 3.98. The molecule has 2 N–H and O–H groups in total. The molecule has 0 aliphatic carbocycles. The van der Waals surface area contributed by atoms with Gasteiger partial charge in [0.25, 0.3) is 0 Å². The number of hydrogen-bond donors (Lipinski definition) is 2. The van der Waals surface area contributed by atoms with Crippen molar-refractivity contribution < 1.29 is 36.0 Å². The van der Waals surface area contributed by atoms with Crippen LogP contribution in [0.15, 0.2) is 58.3 Å². The van der Waals surface area contributed by atoms with Crippen molar-refractivity contribution in [3.63, 3.8) is 0 Å². The van der Waals surface area contributed by atoms with Crippen molar-refractivity contribution in [2.24, 2.45) is 0 Å². The summed E-state index contributed by atoms with van der Waals surface area (Å²) < 4.78 is 58.9. The molecule has 0 bridgehead atoms. The third-order valence-corrected chi connectivity index (χ3v) is 6.49. The quantitative estimate of drug-likeness (QED) is 0.579. The van der Waals surface area contributed by atoms with Gasteiger partial charge in [-0.2, -0.15) is 8.42 Å². The highest BCUT2D eigenvalue weighted by molar-refractivity contribution is 7.91. The van der Waals surface area contributed by atoms with Gasteiger partial charge in [-0.05, 0) is 42.5 Å². The molecule has 0 aliphatic rings. The maximum atomic E-state index is 12.4. The van der Waals surface area contributed by atoms with Gasteiger partial charge >= 0.3 is 10.1 Å². The molecule has 0 aromatic heterocycles. The molecule has 0 saturated carbocycles. The number of aliphatic hydroxyl groups is 2. The smallest absolute Gasteiger partial charge is 0.339 e. The van der Waals surface area contributed by atoms with Crippen molar-refractivity contribution in [3.8, 4) is 11.5 Å². The highest BCUT2D eigenvalue weighted by atomic mass is 32.2. The first-order chi connectivity index (χ1) is 12.7. The van der Waals surface area contributed by atoms with Gasteiger partial charge in [-0.15, -0.1) is 0 Å². The summed E-state index contributed by atoms with van der Waals surface area (Å²) in [5.74, 6) is 0.209. The molecular formula is C17H20O8S2. The average Bonchev–Trinajstić information content (AvgIpc) is 2.67. The van der Waals surface area contributed by atoms with Crippen LogP contribution in [0.1, 0.15) is 6.92 Å². The van der Waals surface area contributed by atoms with E-state index in [1.807, 2.05) is 0 Å². The van der Waals surface area contributed by atoms with Gasteiger partial charge in [0.15, 0.2) is 9.84 Å². The van der Waals surface area contributed by atoms with E-state index in [0.29, 0.717) is 5.75 Å². The summed E-state index contributed by atoms with van der Waals surface area (Å²) in [6.45, 7) is 0.913. The molecule has 2 rings (SSSR count). The van der Waals surface area contributed by atoms with E-state index < -0.39 is 32.7 Å². The Kier molecular flexibility index (Phi) is 6.82. The Bertz CT molecular complexity index is 966. The Labute approximate surface area is 158 Å². The third kappa shape index (κ3) is 5.67. The highest BCUT2D eigenvalue weighted by Gasteiger charge is 2.20. The molecule has 0 spiro atoms. The van der Waals surface area contributed by atoms with E-state index in [0.717, 1.165) is 6.07 Å². The molecule has 1 atom stereocenters. The van der Waals surface area contributed by atoms with Crippen LogP contribution in [-0.2, 0) is 20.0 Å². The number of sulfone groups is 1. The van der Waals surface area contributed by atoms with Gasteiger partial charge in [0, 0.05) is 0 Å². The van der Waals surface area contributed by atoms with Crippen molar-refractivity contribution in [1.29, 1.82) is 0 Å². The fraction of sp³-hybridized carbons (Fsp3) is 0.294. The molecule has 2 aromatic rings. The molecule has 1 unspecified atom stereocenters. The zero-order chi connectivity index (χ0) is 20.1. The van der Waals surface area contributed by atoms with Crippen LogP contribution < -0.4 is 8.92 Å². The summed E-state index contributed by atoms with van der Waals surface area (Å²) in [7, 11) is -7.78. The van der Waals surface area contributed by atoms with E-state index in [9.17, 15) is 21.9 Å². The van der Waals surface area contributed by atoms with Gasteiger partial charge < -0.3 is 19.1 Å². The second kappa shape index (κ2) is 8.70. The molecule has 27 heavy (non-hydrogen) atoms. The Morgan fingerprint density at radius 1 is 0.963 bits per heavy atom. The average molecular weight is 416 g/mol. The van der Waals surface area contributed by atoms with Crippen LogP contribution in [0.2, 0.25) is 0 Å². The fourth-order valence-electron chi connectivity index (χ4n) is 2.00. The molecule has 0 fully saturated rings. The van der Waals surface area contributed by atoms with Crippen LogP contribution in [-0.4, -0.2) is 52.1 Å². The first kappa shape index (κ1) is 21.2. The monoisotopic (exact) mass is 416 g/mol. The van der Waals surface area contributed by atoms with Gasteiger partial charge in [0.2, 0.25) is 0 Å². The normalized spacial score (nSPS) is 13.1. The molecule has 10 heteroatoms. The minimum Gasteiger partial charge on any atom is -0.491 e. The third-order valence-electron chi connectivity index (χ3n) is 3.52. The standard InChI is InChI=1S/C17H20O8S2/c1-2-26(20,21)16-4-3-5-17(10-16)27(22,23)25-15-8-6-14(7-9-15)24-12-13(19)11-18/h3-10,13,18-19H,2,11-12H2,1H3.